The number of rotatable bonds is 8. The van der Waals surface area contributed by atoms with Crippen molar-refractivity contribution in [1.82, 2.24) is 24.9 Å². The first-order valence-electron chi connectivity index (χ1n) is 7.17. The first kappa shape index (κ1) is 17.2. The van der Waals surface area contributed by atoms with Crippen molar-refractivity contribution in [3.8, 4) is 0 Å². The molecule has 0 bridgehead atoms. The van der Waals surface area contributed by atoms with Gasteiger partial charge in [-0.25, -0.2) is 4.79 Å². The summed E-state index contributed by atoms with van der Waals surface area (Å²) in [6.07, 6.45) is 5.63. The van der Waals surface area contributed by atoms with Gasteiger partial charge in [0.15, 0.2) is 0 Å². The van der Waals surface area contributed by atoms with Gasteiger partial charge in [0.25, 0.3) is 0 Å². The topological polar surface area (TPSA) is 102 Å². The van der Waals surface area contributed by atoms with Crippen LogP contribution < -0.4 is 5.32 Å². The van der Waals surface area contributed by atoms with Gasteiger partial charge in [0.05, 0.1) is 21.9 Å². The second-order valence-corrected chi connectivity index (χ2v) is 5.93. The molecule has 2 heterocycles. The molecule has 0 unspecified atom stereocenters. The Morgan fingerprint density at radius 2 is 2.09 bits per heavy atom. The summed E-state index contributed by atoms with van der Waals surface area (Å²) < 4.78 is 4.26. The molecular weight excluding hydrogens is 366 g/mol. The normalized spacial score (nSPS) is 10.7. The lowest BCUT2D eigenvalue weighted by Gasteiger charge is -2.05. The Balaban J connectivity index is 1.64. The Labute approximate surface area is 141 Å². The van der Waals surface area contributed by atoms with Gasteiger partial charge in [-0.3, -0.25) is 14.2 Å². The summed E-state index contributed by atoms with van der Waals surface area (Å²) in [5.41, 5.74) is 1.06. The number of halogens is 1. The van der Waals surface area contributed by atoms with Gasteiger partial charge in [0.1, 0.15) is 0 Å². The highest BCUT2D eigenvalue weighted by Gasteiger charge is 2.07. The van der Waals surface area contributed by atoms with Crippen molar-refractivity contribution in [2.45, 2.75) is 32.9 Å². The van der Waals surface area contributed by atoms with Crippen molar-refractivity contribution in [2.75, 3.05) is 6.54 Å². The van der Waals surface area contributed by atoms with E-state index in [9.17, 15) is 9.59 Å². The Morgan fingerprint density at radius 3 is 2.70 bits per heavy atom. The van der Waals surface area contributed by atoms with Crippen LogP contribution in [0.25, 0.3) is 0 Å². The predicted octanol–water partition coefficient (Wildman–Crippen LogP) is 1.45. The molecule has 0 aliphatic carbocycles. The van der Waals surface area contributed by atoms with E-state index < -0.39 is 5.97 Å². The number of carbonyl (C=O) groups excluding carboxylic acids is 1. The van der Waals surface area contributed by atoms with Gasteiger partial charge in [-0.05, 0) is 29.3 Å². The molecule has 8 nitrogen and oxygen atoms in total. The van der Waals surface area contributed by atoms with E-state index in [2.05, 4.69) is 31.4 Å². The Bertz CT molecular complexity index is 675. The van der Waals surface area contributed by atoms with Crippen molar-refractivity contribution >= 4 is 27.8 Å². The Hall–Kier alpha value is -2.16. The lowest BCUT2D eigenvalue weighted by atomic mass is 10.3. The van der Waals surface area contributed by atoms with Crippen LogP contribution in [0.1, 0.15) is 28.9 Å². The Morgan fingerprint density at radius 1 is 1.30 bits per heavy atom. The van der Waals surface area contributed by atoms with Crippen molar-refractivity contribution in [3.05, 3.63) is 34.3 Å². The number of nitrogens with zero attached hydrogens (tertiary/aromatic N) is 4. The molecule has 0 aliphatic rings. The molecule has 0 aliphatic heterocycles. The number of carboxylic acid groups (broad SMARTS) is 1. The van der Waals surface area contributed by atoms with E-state index in [1.54, 1.807) is 0 Å². The average Bonchev–Trinajstić information content (AvgIpc) is 3.09. The van der Waals surface area contributed by atoms with Crippen LogP contribution in [0.3, 0.4) is 0 Å². The minimum Gasteiger partial charge on any atom is -0.478 e. The minimum atomic E-state index is -1.03. The van der Waals surface area contributed by atoms with E-state index in [0.29, 0.717) is 13.1 Å². The van der Waals surface area contributed by atoms with Crippen LogP contribution in [0, 0.1) is 6.92 Å². The van der Waals surface area contributed by atoms with Crippen LogP contribution in [-0.4, -0.2) is 43.1 Å². The van der Waals surface area contributed by atoms with E-state index in [1.165, 1.54) is 17.1 Å². The zero-order chi connectivity index (χ0) is 16.8. The number of aromatic carboxylic acids is 1. The molecule has 9 heteroatoms. The second kappa shape index (κ2) is 7.91. The molecule has 124 valence electrons. The number of hydrogen-bond donors (Lipinski definition) is 2. The summed E-state index contributed by atoms with van der Waals surface area (Å²) >= 11 is 3.40. The maximum atomic E-state index is 11.7. The molecule has 1 amide bonds. The molecule has 0 atom stereocenters. The molecule has 2 aromatic heterocycles. The number of aromatic nitrogens is 4. The molecule has 0 radical (unpaired) electrons. The fraction of sp³-hybridized carbons (Fsp3) is 0.429. The van der Waals surface area contributed by atoms with E-state index in [-0.39, 0.29) is 17.9 Å². The predicted molar refractivity (Wildman–Crippen MR) is 86.1 cm³/mol. The number of carboxylic acids is 1. The molecule has 2 N–H and O–H groups in total. The second-order valence-electron chi connectivity index (χ2n) is 5.08. The molecule has 23 heavy (non-hydrogen) atoms. The van der Waals surface area contributed by atoms with E-state index >= 15 is 0 Å². The first-order valence-corrected chi connectivity index (χ1v) is 7.97. The smallest absolute Gasteiger partial charge is 0.338 e. The average molecular weight is 384 g/mol. The van der Waals surface area contributed by atoms with Crippen LogP contribution in [0.4, 0.5) is 0 Å². The monoisotopic (exact) mass is 383 g/mol. The van der Waals surface area contributed by atoms with Gasteiger partial charge in [-0.2, -0.15) is 10.2 Å². The Kier molecular flexibility index (Phi) is 5.91. The third-order valence-electron chi connectivity index (χ3n) is 3.22. The third-order valence-corrected chi connectivity index (χ3v) is 4.00. The van der Waals surface area contributed by atoms with E-state index in [4.69, 9.17) is 5.11 Å². The maximum absolute atomic E-state index is 11.7. The van der Waals surface area contributed by atoms with Gasteiger partial charge in [0.2, 0.25) is 5.91 Å². The lowest BCUT2D eigenvalue weighted by Crippen LogP contribution is -2.26. The van der Waals surface area contributed by atoms with Gasteiger partial charge in [-0.1, -0.05) is 0 Å². The zero-order valence-electron chi connectivity index (χ0n) is 12.7. The van der Waals surface area contributed by atoms with Gasteiger partial charge in [-0.15, -0.1) is 0 Å². The number of aryl methyl sites for hydroxylation is 3. The largest absolute Gasteiger partial charge is 0.478 e. The molecule has 2 aromatic rings. The quantitative estimate of drug-likeness (QED) is 0.671. The van der Waals surface area contributed by atoms with Crippen LogP contribution in [-0.2, 0) is 17.9 Å². The van der Waals surface area contributed by atoms with Gasteiger partial charge >= 0.3 is 5.97 Å². The standard InChI is InChI=1S/C14H18BrN5O3/c1-10-12(15)9-20(18-10)5-2-4-16-13(21)3-6-19-8-11(7-17-19)14(22)23/h7-9H,2-6H2,1H3,(H,16,21)(H,22,23). The highest BCUT2D eigenvalue weighted by molar-refractivity contribution is 9.10. The number of carbonyl (C=O) groups is 2. The van der Waals surface area contributed by atoms with Crippen molar-refractivity contribution in [3.63, 3.8) is 0 Å². The first-order chi connectivity index (χ1) is 11.0. The molecule has 0 aromatic carbocycles. The molecule has 0 spiro atoms. The number of hydrogen-bond acceptors (Lipinski definition) is 4. The van der Waals surface area contributed by atoms with Crippen molar-refractivity contribution < 1.29 is 14.7 Å². The molecular formula is C14H18BrN5O3. The van der Waals surface area contributed by atoms with E-state index in [0.717, 1.165) is 23.1 Å². The lowest BCUT2D eigenvalue weighted by molar-refractivity contribution is -0.121. The van der Waals surface area contributed by atoms with Crippen molar-refractivity contribution in [2.24, 2.45) is 0 Å². The van der Waals surface area contributed by atoms with Gasteiger partial charge in [0, 0.05) is 38.4 Å². The molecule has 0 saturated carbocycles. The van der Waals surface area contributed by atoms with Crippen LogP contribution in [0.5, 0.6) is 0 Å². The highest BCUT2D eigenvalue weighted by Crippen LogP contribution is 2.13. The summed E-state index contributed by atoms with van der Waals surface area (Å²) in [5, 5.41) is 19.8. The van der Waals surface area contributed by atoms with Crippen LogP contribution >= 0.6 is 15.9 Å². The summed E-state index contributed by atoms with van der Waals surface area (Å²) in [7, 11) is 0. The number of nitrogens with one attached hydrogen (secondary N) is 1. The number of amides is 1. The van der Waals surface area contributed by atoms with Gasteiger partial charge < -0.3 is 10.4 Å². The van der Waals surface area contributed by atoms with Crippen molar-refractivity contribution in [1.29, 1.82) is 0 Å². The van der Waals surface area contributed by atoms with Crippen LogP contribution in [0.2, 0.25) is 0 Å². The maximum Gasteiger partial charge on any atom is 0.338 e. The summed E-state index contributed by atoms with van der Waals surface area (Å²) in [5.74, 6) is -1.11. The SMILES string of the molecule is Cc1nn(CCCNC(=O)CCn2cc(C(=O)O)cn2)cc1Br. The summed E-state index contributed by atoms with van der Waals surface area (Å²) in [4.78, 5) is 22.5. The highest BCUT2D eigenvalue weighted by atomic mass is 79.9. The summed E-state index contributed by atoms with van der Waals surface area (Å²) in [6.45, 7) is 3.57. The minimum absolute atomic E-state index is 0.0878. The van der Waals surface area contributed by atoms with E-state index in [1.807, 2.05) is 17.8 Å². The molecule has 0 fully saturated rings. The molecule has 2 rings (SSSR count). The fourth-order valence-electron chi connectivity index (χ4n) is 1.98. The van der Waals surface area contributed by atoms with Crippen LogP contribution in [0.15, 0.2) is 23.1 Å². The zero-order valence-corrected chi connectivity index (χ0v) is 14.3. The summed E-state index contributed by atoms with van der Waals surface area (Å²) in [6, 6.07) is 0. The fourth-order valence-corrected chi connectivity index (χ4v) is 2.29. The molecule has 0 saturated heterocycles. The third kappa shape index (κ3) is 5.20.